The summed E-state index contributed by atoms with van der Waals surface area (Å²) in [5.41, 5.74) is 3.97. The lowest BCUT2D eigenvalue weighted by Crippen LogP contribution is -2.23. The summed E-state index contributed by atoms with van der Waals surface area (Å²) in [7, 11) is 0. The third kappa shape index (κ3) is 2.99. The van der Waals surface area contributed by atoms with Crippen LogP contribution in [0.25, 0.3) is 32.8 Å². The maximum absolute atomic E-state index is 11.0. The molecule has 3 aromatic carbocycles. The first-order valence-electron chi connectivity index (χ1n) is 9.91. The Morgan fingerprint density at radius 2 is 1.24 bits per heavy atom. The molecule has 0 aliphatic heterocycles. The SMILES string of the molecule is C[C@H](O)c1nc2ccccc2n1C[C@@H](O)Cn1c2ccccc2c2ccccc21. The van der Waals surface area contributed by atoms with E-state index < -0.39 is 12.2 Å². The molecule has 0 radical (unpaired) electrons. The van der Waals surface area contributed by atoms with Crippen molar-refractivity contribution in [1.82, 2.24) is 14.1 Å². The van der Waals surface area contributed by atoms with Crippen LogP contribution in [0.3, 0.4) is 0 Å². The summed E-state index contributed by atoms with van der Waals surface area (Å²) in [4.78, 5) is 4.56. The fraction of sp³-hybridized carbons (Fsp3) is 0.208. The molecule has 0 bridgehead atoms. The lowest BCUT2D eigenvalue weighted by Gasteiger charge is -2.17. The van der Waals surface area contributed by atoms with E-state index in [9.17, 15) is 10.2 Å². The Morgan fingerprint density at radius 1 is 0.724 bits per heavy atom. The van der Waals surface area contributed by atoms with Gasteiger partial charge in [0, 0.05) is 21.8 Å². The number of hydrogen-bond donors (Lipinski definition) is 2. The molecule has 0 fully saturated rings. The highest BCUT2D eigenvalue weighted by Gasteiger charge is 2.19. The fourth-order valence-corrected chi connectivity index (χ4v) is 4.28. The molecule has 2 aromatic heterocycles. The lowest BCUT2D eigenvalue weighted by atomic mass is 10.2. The minimum atomic E-state index is -0.706. The number of nitrogens with zero attached hydrogens (tertiary/aromatic N) is 3. The van der Waals surface area contributed by atoms with Gasteiger partial charge in [-0.15, -0.1) is 0 Å². The van der Waals surface area contributed by atoms with Crippen LogP contribution in [-0.4, -0.2) is 30.4 Å². The zero-order valence-corrected chi connectivity index (χ0v) is 16.2. The third-order valence-electron chi connectivity index (χ3n) is 5.52. The molecular weight excluding hydrogens is 362 g/mol. The Hall–Kier alpha value is -3.15. The van der Waals surface area contributed by atoms with E-state index in [1.807, 2.05) is 53.1 Å². The van der Waals surface area contributed by atoms with Crippen LogP contribution in [0, 0.1) is 0 Å². The monoisotopic (exact) mass is 385 g/mol. The Bertz CT molecular complexity index is 1260. The molecule has 2 heterocycles. The molecule has 5 aromatic rings. The molecule has 5 heteroatoms. The highest BCUT2D eigenvalue weighted by Crippen LogP contribution is 2.29. The van der Waals surface area contributed by atoms with E-state index >= 15 is 0 Å². The standard InChI is InChI=1S/C24H23N3O2/c1-16(28)24-25-20-10-4-7-13-23(20)27(24)15-17(29)14-26-21-11-5-2-8-18(21)19-9-3-6-12-22(19)26/h2-13,16-17,28-29H,14-15H2,1H3/t16-,17-/m0/s1. The first kappa shape index (κ1) is 17.9. The van der Waals surface area contributed by atoms with Gasteiger partial charge in [0.25, 0.3) is 0 Å². The van der Waals surface area contributed by atoms with Gasteiger partial charge in [-0.1, -0.05) is 48.5 Å². The highest BCUT2D eigenvalue weighted by atomic mass is 16.3. The number of aliphatic hydroxyl groups is 2. The molecule has 0 aliphatic carbocycles. The second kappa shape index (κ2) is 7.03. The Balaban J connectivity index is 1.54. The van der Waals surface area contributed by atoms with Crippen LogP contribution < -0.4 is 0 Å². The number of imidazole rings is 1. The van der Waals surface area contributed by atoms with E-state index in [4.69, 9.17) is 0 Å². The number of fused-ring (bicyclic) bond motifs is 4. The van der Waals surface area contributed by atoms with Gasteiger partial charge in [0.1, 0.15) is 11.9 Å². The predicted molar refractivity (Wildman–Crippen MR) is 116 cm³/mol. The minimum Gasteiger partial charge on any atom is -0.389 e. The van der Waals surface area contributed by atoms with E-state index in [0.717, 1.165) is 22.1 Å². The number of benzene rings is 3. The van der Waals surface area contributed by atoms with Crippen LogP contribution in [0.2, 0.25) is 0 Å². The van der Waals surface area contributed by atoms with Gasteiger partial charge in [-0.25, -0.2) is 4.98 Å². The summed E-state index contributed by atoms with van der Waals surface area (Å²) >= 11 is 0. The lowest BCUT2D eigenvalue weighted by molar-refractivity contribution is 0.129. The number of para-hydroxylation sites is 4. The number of aliphatic hydroxyl groups excluding tert-OH is 2. The summed E-state index contributed by atoms with van der Waals surface area (Å²) in [6.07, 6.45) is -1.34. The van der Waals surface area contributed by atoms with Crippen molar-refractivity contribution in [3.63, 3.8) is 0 Å². The highest BCUT2D eigenvalue weighted by molar-refractivity contribution is 6.07. The minimum absolute atomic E-state index is 0.363. The maximum atomic E-state index is 11.0. The second-order valence-corrected chi connectivity index (χ2v) is 7.54. The molecule has 0 aliphatic rings. The van der Waals surface area contributed by atoms with Crippen molar-refractivity contribution in [3.05, 3.63) is 78.6 Å². The van der Waals surface area contributed by atoms with Gasteiger partial charge in [-0.3, -0.25) is 0 Å². The van der Waals surface area contributed by atoms with Gasteiger partial charge in [0.05, 0.1) is 30.2 Å². The Labute approximate surface area is 168 Å². The largest absolute Gasteiger partial charge is 0.389 e. The van der Waals surface area contributed by atoms with E-state index in [1.165, 1.54) is 10.8 Å². The van der Waals surface area contributed by atoms with Crippen LogP contribution in [0.15, 0.2) is 72.8 Å². The van der Waals surface area contributed by atoms with Crippen LogP contribution >= 0.6 is 0 Å². The molecule has 0 saturated heterocycles. The molecule has 0 spiro atoms. The number of rotatable bonds is 5. The molecule has 0 unspecified atom stereocenters. The van der Waals surface area contributed by atoms with Crippen LogP contribution in [0.5, 0.6) is 0 Å². The van der Waals surface area contributed by atoms with Crippen LogP contribution in [-0.2, 0) is 13.1 Å². The quantitative estimate of drug-likeness (QED) is 0.475. The molecule has 2 N–H and O–H groups in total. The summed E-state index contributed by atoms with van der Waals surface area (Å²) in [5.74, 6) is 0.576. The molecule has 0 saturated carbocycles. The van der Waals surface area contributed by atoms with E-state index in [-0.39, 0.29) is 0 Å². The number of hydrogen-bond acceptors (Lipinski definition) is 3. The van der Waals surface area contributed by atoms with Crippen LogP contribution in [0.4, 0.5) is 0 Å². The molecule has 5 nitrogen and oxygen atoms in total. The van der Waals surface area contributed by atoms with Crippen molar-refractivity contribution in [2.45, 2.75) is 32.2 Å². The summed E-state index contributed by atoms with van der Waals surface area (Å²) in [5, 5.41) is 23.6. The summed E-state index contributed by atoms with van der Waals surface area (Å²) in [6, 6.07) is 24.4. The molecule has 146 valence electrons. The first-order chi connectivity index (χ1) is 14.1. The van der Waals surface area contributed by atoms with E-state index in [2.05, 4.69) is 33.8 Å². The molecule has 29 heavy (non-hydrogen) atoms. The van der Waals surface area contributed by atoms with Crippen molar-refractivity contribution in [1.29, 1.82) is 0 Å². The first-order valence-corrected chi connectivity index (χ1v) is 9.91. The van der Waals surface area contributed by atoms with Crippen molar-refractivity contribution in [2.75, 3.05) is 0 Å². The Kier molecular flexibility index (Phi) is 4.34. The third-order valence-corrected chi connectivity index (χ3v) is 5.52. The summed E-state index contributed by atoms with van der Waals surface area (Å²) < 4.78 is 4.11. The summed E-state index contributed by atoms with van der Waals surface area (Å²) in [6.45, 7) is 2.53. The topological polar surface area (TPSA) is 63.2 Å². The van der Waals surface area contributed by atoms with Gasteiger partial charge < -0.3 is 19.3 Å². The van der Waals surface area contributed by atoms with Gasteiger partial charge >= 0.3 is 0 Å². The average molecular weight is 385 g/mol. The van der Waals surface area contributed by atoms with Gasteiger partial charge in [0.2, 0.25) is 0 Å². The van der Waals surface area contributed by atoms with Crippen molar-refractivity contribution in [2.24, 2.45) is 0 Å². The van der Waals surface area contributed by atoms with Crippen molar-refractivity contribution in [3.8, 4) is 0 Å². The smallest absolute Gasteiger partial charge is 0.138 e. The molecule has 0 amide bonds. The Morgan fingerprint density at radius 3 is 1.86 bits per heavy atom. The van der Waals surface area contributed by atoms with Crippen molar-refractivity contribution >= 4 is 32.8 Å². The van der Waals surface area contributed by atoms with Gasteiger partial charge in [-0.05, 0) is 31.2 Å². The zero-order valence-electron chi connectivity index (χ0n) is 16.2. The molecular formula is C24H23N3O2. The maximum Gasteiger partial charge on any atom is 0.138 e. The molecule has 2 atom stereocenters. The average Bonchev–Trinajstić information content (AvgIpc) is 3.25. The normalized spacial score (nSPS) is 14.0. The van der Waals surface area contributed by atoms with Gasteiger partial charge in [0.15, 0.2) is 0 Å². The van der Waals surface area contributed by atoms with E-state index in [0.29, 0.717) is 18.9 Å². The van der Waals surface area contributed by atoms with Crippen LogP contribution in [0.1, 0.15) is 18.9 Å². The van der Waals surface area contributed by atoms with Crippen molar-refractivity contribution < 1.29 is 10.2 Å². The van der Waals surface area contributed by atoms with E-state index in [1.54, 1.807) is 6.92 Å². The predicted octanol–water partition coefficient (Wildman–Crippen LogP) is 4.26. The number of aromatic nitrogens is 3. The fourth-order valence-electron chi connectivity index (χ4n) is 4.28. The second-order valence-electron chi connectivity index (χ2n) is 7.54. The zero-order chi connectivity index (χ0) is 20.0. The van der Waals surface area contributed by atoms with Gasteiger partial charge in [-0.2, -0.15) is 0 Å². The molecule has 5 rings (SSSR count).